The lowest BCUT2D eigenvalue weighted by molar-refractivity contribution is -0.112. The highest BCUT2D eigenvalue weighted by Gasteiger charge is 2.19. The summed E-state index contributed by atoms with van der Waals surface area (Å²) in [7, 11) is 0. The molecule has 0 radical (unpaired) electrons. The first-order chi connectivity index (χ1) is 5.90. The summed E-state index contributed by atoms with van der Waals surface area (Å²) in [5.41, 5.74) is 0.0537. The van der Waals surface area contributed by atoms with E-state index in [4.69, 9.17) is 0 Å². The molecule has 0 fully saturated rings. The van der Waals surface area contributed by atoms with Crippen LogP contribution < -0.4 is 0 Å². The van der Waals surface area contributed by atoms with Gasteiger partial charge in [-0.2, -0.15) is 0 Å². The zero-order chi connectivity index (χ0) is 10.5. The van der Waals surface area contributed by atoms with Crippen molar-refractivity contribution >= 4 is 5.78 Å². The van der Waals surface area contributed by atoms with Gasteiger partial charge in [0.1, 0.15) is 0 Å². The molecule has 74 valence electrons. The Morgan fingerprint density at radius 2 is 1.92 bits per heavy atom. The van der Waals surface area contributed by atoms with Crippen molar-refractivity contribution in [2.45, 2.75) is 34.6 Å². The van der Waals surface area contributed by atoms with Gasteiger partial charge in [-0.25, -0.2) is 0 Å². The summed E-state index contributed by atoms with van der Waals surface area (Å²) in [6.45, 7) is 10.0. The van der Waals surface area contributed by atoms with Gasteiger partial charge in [-0.3, -0.25) is 4.79 Å². The Labute approximate surface area is 81.5 Å². The lowest BCUT2D eigenvalue weighted by Crippen LogP contribution is -2.17. The Bertz CT molecular complexity index is 221. The molecule has 0 aromatic rings. The van der Waals surface area contributed by atoms with Crippen LogP contribution in [0.2, 0.25) is 0 Å². The first-order valence-electron chi connectivity index (χ1n) is 4.72. The van der Waals surface area contributed by atoms with E-state index in [0.29, 0.717) is 5.92 Å². The normalized spacial score (nSPS) is 15.5. The zero-order valence-corrected chi connectivity index (χ0v) is 9.29. The van der Waals surface area contributed by atoms with Gasteiger partial charge in [0.2, 0.25) is 0 Å². The minimum absolute atomic E-state index is 0.0537. The molecule has 0 aliphatic heterocycles. The molecule has 0 aromatic carbocycles. The van der Waals surface area contributed by atoms with Gasteiger partial charge in [-0.05, 0) is 31.3 Å². The van der Waals surface area contributed by atoms with E-state index in [1.165, 1.54) is 0 Å². The monoisotopic (exact) mass is 180 g/mol. The summed E-state index contributed by atoms with van der Waals surface area (Å²) < 4.78 is 0. The maximum Gasteiger partial charge on any atom is 0.152 e. The molecular weight excluding hydrogens is 160 g/mol. The van der Waals surface area contributed by atoms with E-state index in [2.05, 4.69) is 26.8 Å². The summed E-state index contributed by atoms with van der Waals surface area (Å²) in [6, 6.07) is 0. The van der Waals surface area contributed by atoms with Crippen molar-refractivity contribution in [1.29, 1.82) is 0 Å². The van der Waals surface area contributed by atoms with Gasteiger partial charge >= 0.3 is 0 Å². The number of carbonyl (C=O) groups is 1. The van der Waals surface area contributed by atoms with Crippen LogP contribution >= 0.6 is 0 Å². The zero-order valence-electron chi connectivity index (χ0n) is 9.29. The third-order valence-electron chi connectivity index (χ3n) is 2.40. The Kier molecular flexibility index (Phi) is 4.68. The minimum atomic E-state index is 0.0537. The SMILES string of the molecule is CC=CC(C)C(C)(C)C=CC(C)=O. The molecule has 0 spiro atoms. The van der Waals surface area contributed by atoms with E-state index in [9.17, 15) is 4.79 Å². The molecule has 0 N–H and O–H groups in total. The molecule has 1 nitrogen and oxygen atoms in total. The van der Waals surface area contributed by atoms with E-state index < -0.39 is 0 Å². The number of allylic oxidation sites excluding steroid dienone is 4. The van der Waals surface area contributed by atoms with E-state index >= 15 is 0 Å². The lowest BCUT2D eigenvalue weighted by Gasteiger charge is -2.25. The molecule has 0 heterocycles. The number of rotatable bonds is 4. The van der Waals surface area contributed by atoms with Crippen molar-refractivity contribution in [2.24, 2.45) is 11.3 Å². The standard InChI is InChI=1S/C12H20O/c1-6-7-10(2)12(4,5)9-8-11(3)13/h6-10H,1-5H3. The quantitative estimate of drug-likeness (QED) is 0.479. The predicted molar refractivity (Wildman–Crippen MR) is 57.6 cm³/mol. The summed E-state index contributed by atoms with van der Waals surface area (Å²) in [6.07, 6.45) is 7.85. The lowest BCUT2D eigenvalue weighted by atomic mass is 9.79. The van der Waals surface area contributed by atoms with E-state index in [-0.39, 0.29) is 11.2 Å². The number of hydrogen-bond donors (Lipinski definition) is 0. The number of ketones is 1. The van der Waals surface area contributed by atoms with Crippen LogP contribution in [0, 0.1) is 11.3 Å². The number of hydrogen-bond acceptors (Lipinski definition) is 1. The van der Waals surface area contributed by atoms with Crippen LogP contribution in [0.1, 0.15) is 34.6 Å². The summed E-state index contributed by atoms with van der Waals surface area (Å²) in [5, 5.41) is 0. The molecule has 1 heteroatoms. The van der Waals surface area contributed by atoms with Crippen molar-refractivity contribution in [3.8, 4) is 0 Å². The molecule has 0 saturated heterocycles. The molecule has 0 rings (SSSR count). The van der Waals surface area contributed by atoms with Crippen LogP contribution in [-0.4, -0.2) is 5.78 Å². The Hall–Kier alpha value is -0.850. The fourth-order valence-electron chi connectivity index (χ4n) is 1.02. The summed E-state index contributed by atoms with van der Waals surface area (Å²) >= 11 is 0. The highest BCUT2D eigenvalue weighted by atomic mass is 16.1. The molecule has 1 atom stereocenters. The second kappa shape index (κ2) is 5.00. The van der Waals surface area contributed by atoms with Crippen LogP contribution in [-0.2, 0) is 4.79 Å². The van der Waals surface area contributed by atoms with Crippen molar-refractivity contribution in [2.75, 3.05) is 0 Å². The van der Waals surface area contributed by atoms with Crippen LogP contribution in [0.3, 0.4) is 0 Å². The molecule has 0 saturated carbocycles. The second-order valence-corrected chi connectivity index (χ2v) is 4.08. The van der Waals surface area contributed by atoms with E-state index in [1.54, 1.807) is 13.0 Å². The van der Waals surface area contributed by atoms with Crippen LogP contribution in [0.25, 0.3) is 0 Å². The second-order valence-electron chi connectivity index (χ2n) is 4.08. The summed E-state index contributed by atoms with van der Waals surface area (Å²) in [5.74, 6) is 0.564. The van der Waals surface area contributed by atoms with Gasteiger partial charge in [0.25, 0.3) is 0 Å². The fraction of sp³-hybridized carbons (Fsp3) is 0.583. The third-order valence-corrected chi connectivity index (χ3v) is 2.40. The maximum absolute atomic E-state index is 10.8. The third kappa shape index (κ3) is 4.66. The molecule has 0 bridgehead atoms. The Balaban J connectivity index is 4.46. The molecule has 0 amide bonds. The average Bonchev–Trinajstić information content (AvgIpc) is 2.01. The molecular formula is C12H20O. The van der Waals surface area contributed by atoms with E-state index in [1.807, 2.05) is 19.1 Å². The molecule has 0 aromatic heterocycles. The van der Waals surface area contributed by atoms with Crippen molar-refractivity contribution in [1.82, 2.24) is 0 Å². The first-order valence-corrected chi connectivity index (χ1v) is 4.72. The van der Waals surface area contributed by atoms with Gasteiger partial charge in [0.05, 0.1) is 0 Å². The molecule has 13 heavy (non-hydrogen) atoms. The smallest absolute Gasteiger partial charge is 0.152 e. The van der Waals surface area contributed by atoms with Gasteiger partial charge in [0.15, 0.2) is 5.78 Å². The van der Waals surface area contributed by atoms with Gasteiger partial charge in [-0.1, -0.05) is 39.0 Å². The minimum Gasteiger partial charge on any atom is -0.295 e. The van der Waals surface area contributed by atoms with Crippen molar-refractivity contribution in [3.05, 3.63) is 24.3 Å². The van der Waals surface area contributed by atoms with Crippen LogP contribution in [0.5, 0.6) is 0 Å². The topological polar surface area (TPSA) is 17.1 Å². The van der Waals surface area contributed by atoms with Crippen LogP contribution in [0.15, 0.2) is 24.3 Å². The molecule has 1 unspecified atom stereocenters. The van der Waals surface area contributed by atoms with E-state index in [0.717, 1.165) is 0 Å². The van der Waals surface area contributed by atoms with Gasteiger partial charge < -0.3 is 0 Å². The number of carbonyl (C=O) groups excluding carboxylic acids is 1. The highest BCUT2D eigenvalue weighted by molar-refractivity contribution is 5.87. The van der Waals surface area contributed by atoms with Crippen molar-refractivity contribution < 1.29 is 4.79 Å². The predicted octanol–water partition coefficient (Wildman–Crippen LogP) is 3.37. The first kappa shape index (κ1) is 12.2. The van der Waals surface area contributed by atoms with Gasteiger partial charge in [-0.15, -0.1) is 0 Å². The Morgan fingerprint density at radius 1 is 1.38 bits per heavy atom. The molecule has 0 aliphatic carbocycles. The Morgan fingerprint density at radius 3 is 2.31 bits per heavy atom. The highest BCUT2D eigenvalue weighted by Crippen LogP contribution is 2.29. The maximum atomic E-state index is 10.8. The van der Waals surface area contributed by atoms with Crippen molar-refractivity contribution in [3.63, 3.8) is 0 Å². The average molecular weight is 180 g/mol. The largest absolute Gasteiger partial charge is 0.295 e. The summed E-state index contributed by atoms with van der Waals surface area (Å²) in [4.78, 5) is 10.8. The van der Waals surface area contributed by atoms with Crippen LogP contribution in [0.4, 0.5) is 0 Å². The molecule has 0 aliphatic rings. The van der Waals surface area contributed by atoms with Gasteiger partial charge in [0, 0.05) is 0 Å². The fourth-order valence-corrected chi connectivity index (χ4v) is 1.02.